The van der Waals surface area contributed by atoms with Gasteiger partial charge in [-0.25, -0.2) is 4.79 Å². The van der Waals surface area contributed by atoms with Gasteiger partial charge in [-0.15, -0.1) is 11.3 Å². The molecule has 1 N–H and O–H groups in total. The first-order chi connectivity index (χ1) is 16.7. The number of carbonyl (C=O) groups is 3. The first-order valence-electron chi connectivity index (χ1n) is 11.2. The molecule has 1 saturated heterocycles. The number of hydrogen-bond donors (Lipinski definition) is 1. The van der Waals surface area contributed by atoms with Crippen LogP contribution in [0.4, 0.5) is 13.6 Å². The van der Waals surface area contributed by atoms with Crippen LogP contribution in [0.2, 0.25) is 0 Å². The van der Waals surface area contributed by atoms with Gasteiger partial charge in [-0.1, -0.05) is 0 Å². The lowest BCUT2D eigenvalue weighted by atomic mass is 9.80. The van der Waals surface area contributed by atoms with E-state index in [1.54, 1.807) is 36.5 Å². The van der Waals surface area contributed by atoms with Gasteiger partial charge < -0.3 is 14.6 Å². The largest absolute Gasteiger partial charge is 0.435 e. The number of urea groups is 1. The number of benzene rings is 1. The van der Waals surface area contributed by atoms with Crippen LogP contribution < -0.4 is 10.1 Å². The molecule has 1 fully saturated rings. The first kappa shape index (κ1) is 23.2. The second-order valence-electron chi connectivity index (χ2n) is 8.75. The van der Waals surface area contributed by atoms with E-state index in [9.17, 15) is 23.2 Å². The number of nitrogens with one attached hydrogen (secondary N) is 1. The molecule has 3 amide bonds. The Morgan fingerprint density at radius 3 is 2.66 bits per heavy atom. The SMILES string of the molecule is Cc1cc(C(=O)CN2C(=O)N[C@@]3(CCCc4sccc43)C2=O)c(C)n1-c1ccc(OC(F)F)cc1. The number of carbonyl (C=O) groups excluding carboxylic acids is 3. The van der Waals surface area contributed by atoms with E-state index in [-0.39, 0.29) is 18.1 Å². The number of ketones is 1. The van der Waals surface area contributed by atoms with Gasteiger partial charge in [0.15, 0.2) is 5.78 Å². The summed E-state index contributed by atoms with van der Waals surface area (Å²) >= 11 is 1.57. The summed E-state index contributed by atoms with van der Waals surface area (Å²) < 4.78 is 31.1. The standard InChI is InChI=1S/C25H23F2N3O4S/c1-14-12-18(15(2)30(14)16-5-7-17(8-6-16)34-23(26)27)20(31)13-29-22(32)25(28-24(29)33)10-3-4-21-19(25)9-11-35-21/h5-9,11-12,23H,3-4,10,13H2,1-2H3,(H,28,33)/t25-/m1/s1. The van der Waals surface area contributed by atoms with Gasteiger partial charge in [0, 0.05) is 33.1 Å². The van der Waals surface area contributed by atoms with Crippen molar-refractivity contribution in [2.45, 2.75) is 45.3 Å². The number of aromatic nitrogens is 1. The van der Waals surface area contributed by atoms with Crippen molar-refractivity contribution >= 4 is 29.1 Å². The van der Waals surface area contributed by atoms with Crippen LogP contribution in [0, 0.1) is 13.8 Å². The Morgan fingerprint density at radius 2 is 1.94 bits per heavy atom. The van der Waals surface area contributed by atoms with E-state index in [0.29, 0.717) is 23.4 Å². The number of ether oxygens (including phenoxy) is 1. The average Bonchev–Trinajstić information content (AvgIpc) is 3.47. The molecule has 1 aliphatic heterocycles. The normalized spacial score (nSPS) is 19.4. The molecule has 1 aliphatic carbocycles. The van der Waals surface area contributed by atoms with Crippen LogP contribution >= 0.6 is 11.3 Å². The number of nitrogens with zero attached hydrogens (tertiary/aromatic N) is 2. The zero-order valence-electron chi connectivity index (χ0n) is 19.1. The third kappa shape index (κ3) is 3.81. The summed E-state index contributed by atoms with van der Waals surface area (Å²) in [5, 5.41) is 4.79. The number of fused-ring (bicyclic) bond motifs is 2. The molecule has 0 bridgehead atoms. The van der Waals surface area contributed by atoms with Gasteiger partial charge >= 0.3 is 12.6 Å². The molecular formula is C25H23F2N3O4S. The third-order valence-corrected chi connectivity index (χ3v) is 7.67. The predicted molar refractivity (Wildman–Crippen MR) is 125 cm³/mol. The maximum Gasteiger partial charge on any atom is 0.387 e. The minimum Gasteiger partial charge on any atom is -0.435 e. The molecule has 0 saturated carbocycles. The molecule has 1 atom stereocenters. The molecule has 0 radical (unpaired) electrons. The van der Waals surface area contributed by atoms with Crippen LogP contribution in [0.5, 0.6) is 5.75 Å². The fourth-order valence-electron chi connectivity index (χ4n) is 5.13. The molecule has 2 aliphatic rings. The minimum absolute atomic E-state index is 0.0338. The van der Waals surface area contributed by atoms with Crippen molar-refractivity contribution in [3.8, 4) is 11.4 Å². The summed E-state index contributed by atoms with van der Waals surface area (Å²) in [6.07, 6.45) is 2.16. The van der Waals surface area contributed by atoms with Crippen LogP contribution in [0.3, 0.4) is 0 Å². The average molecular weight is 500 g/mol. The zero-order valence-corrected chi connectivity index (χ0v) is 20.0. The summed E-state index contributed by atoms with van der Waals surface area (Å²) in [6, 6.07) is 9.12. The van der Waals surface area contributed by atoms with E-state index in [2.05, 4.69) is 10.1 Å². The zero-order chi connectivity index (χ0) is 24.9. The van der Waals surface area contributed by atoms with E-state index in [1.165, 1.54) is 12.1 Å². The molecule has 35 heavy (non-hydrogen) atoms. The summed E-state index contributed by atoms with van der Waals surface area (Å²) in [6.45, 7) is 0.299. The van der Waals surface area contributed by atoms with Crippen LogP contribution in [-0.4, -0.2) is 40.3 Å². The molecule has 10 heteroatoms. The fraction of sp³-hybridized carbons (Fsp3) is 0.320. The van der Waals surface area contributed by atoms with Crippen molar-refractivity contribution in [3.63, 3.8) is 0 Å². The lowest BCUT2D eigenvalue weighted by Gasteiger charge is -2.31. The summed E-state index contributed by atoms with van der Waals surface area (Å²) in [5.41, 5.74) is 2.16. The van der Waals surface area contributed by atoms with Gasteiger partial charge in [0.05, 0.1) is 6.54 Å². The maximum absolute atomic E-state index is 13.4. The second kappa shape index (κ2) is 8.60. The van der Waals surface area contributed by atoms with Crippen LogP contribution in [-0.2, 0) is 16.8 Å². The highest BCUT2D eigenvalue weighted by Gasteiger charge is 2.54. The van der Waals surface area contributed by atoms with Crippen molar-refractivity contribution < 1.29 is 27.9 Å². The smallest absolute Gasteiger partial charge is 0.387 e. The Hall–Kier alpha value is -3.53. The monoisotopic (exact) mass is 499 g/mol. The number of thiophene rings is 1. The predicted octanol–water partition coefficient (Wildman–Crippen LogP) is 4.72. The molecule has 2 aromatic heterocycles. The number of aryl methyl sites for hydroxylation is 2. The Morgan fingerprint density at radius 1 is 1.20 bits per heavy atom. The molecule has 7 nitrogen and oxygen atoms in total. The highest BCUT2D eigenvalue weighted by atomic mass is 32.1. The number of Topliss-reactive ketones (excluding diaryl/α,β-unsaturated/α-hetero) is 1. The number of amides is 3. The topological polar surface area (TPSA) is 80.6 Å². The summed E-state index contributed by atoms with van der Waals surface area (Å²) in [7, 11) is 0. The highest BCUT2D eigenvalue weighted by molar-refractivity contribution is 7.10. The Labute approximate surface area is 204 Å². The molecule has 3 heterocycles. The summed E-state index contributed by atoms with van der Waals surface area (Å²) in [5.74, 6) is -0.714. The lowest BCUT2D eigenvalue weighted by molar-refractivity contribution is -0.131. The van der Waals surface area contributed by atoms with Crippen molar-refractivity contribution in [2.75, 3.05) is 6.54 Å². The van der Waals surface area contributed by atoms with Crippen LogP contribution in [0.25, 0.3) is 5.69 Å². The van der Waals surface area contributed by atoms with Crippen LogP contribution in [0.1, 0.15) is 45.0 Å². The van der Waals surface area contributed by atoms with Gasteiger partial charge in [-0.05, 0) is 74.9 Å². The minimum atomic E-state index is -2.91. The highest BCUT2D eigenvalue weighted by Crippen LogP contribution is 2.42. The van der Waals surface area contributed by atoms with E-state index >= 15 is 0 Å². The number of alkyl halides is 2. The van der Waals surface area contributed by atoms with Crippen molar-refractivity contribution in [1.82, 2.24) is 14.8 Å². The maximum atomic E-state index is 13.4. The number of imide groups is 1. The molecule has 1 spiro atoms. The van der Waals surface area contributed by atoms with E-state index < -0.39 is 24.1 Å². The van der Waals surface area contributed by atoms with E-state index in [1.807, 2.05) is 22.9 Å². The van der Waals surface area contributed by atoms with Gasteiger partial charge in [0.2, 0.25) is 0 Å². The van der Waals surface area contributed by atoms with Crippen LogP contribution in [0.15, 0.2) is 41.8 Å². The van der Waals surface area contributed by atoms with Gasteiger partial charge in [0.25, 0.3) is 5.91 Å². The second-order valence-corrected chi connectivity index (χ2v) is 9.75. The van der Waals surface area contributed by atoms with E-state index in [4.69, 9.17) is 0 Å². The number of hydrogen-bond acceptors (Lipinski definition) is 5. The summed E-state index contributed by atoms with van der Waals surface area (Å²) in [4.78, 5) is 41.6. The molecule has 5 rings (SSSR count). The molecule has 182 valence electrons. The van der Waals surface area contributed by atoms with Gasteiger partial charge in [-0.3, -0.25) is 14.5 Å². The Bertz CT molecular complexity index is 1330. The van der Waals surface area contributed by atoms with E-state index in [0.717, 1.165) is 33.9 Å². The number of rotatable bonds is 6. The third-order valence-electron chi connectivity index (χ3n) is 6.69. The Kier molecular flexibility index (Phi) is 5.71. The van der Waals surface area contributed by atoms with Gasteiger partial charge in [0.1, 0.15) is 11.3 Å². The Balaban J connectivity index is 1.39. The number of halogens is 2. The van der Waals surface area contributed by atoms with Crippen molar-refractivity contribution in [3.05, 3.63) is 69.2 Å². The van der Waals surface area contributed by atoms with Crippen molar-refractivity contribution in [1.29, 1.82) is 0 Å². The fourth-order valence-corrected chi connectivity index (χ4v) is 6.13. The van der Waals surface area contributed by atoms with Gasteiger partial charge in [-0.2, -0.15) is 8.78 Å². The molecule has 0 unspecified atom stereocenters. The quantitative estimate of drug-likeness (QED) is 0.393. The first-order valence-corrected chi connectivity index (χ1v) is 12.1. The van der Waals surface area contributed by atoms with Crippen molar-refractivity contribution in [2.24, 2.45) is 0 Å². The lowest BCUT2D eigenvalue weighted by Crippen LogP contribution is -2.46. The molecule has 1 aromatic carbocycles. The molecule has 3 aromatic rings. The molecular weight excluding hydrogens is 476 g/mol.